The number of carbonyl (C=O) groups is 1. The van der Waals surface area contributed by atoms with Crippen LogP contribution in [0.4, 0.5) is 5.00 Å². The second kappa shape index (κ2) is 8.79. The third kappa shape index (κ3) is 4.44. The van der Waals surface area contributed by atoms with Crippen LogP contribution in [-0.2, 0) is 16.6 Å². The summed E-state index contributed by atoms with van der Waals surface area (Å²) in [6, 6.07) is 17.2. The lowest BCUT2D eigenvalue weighted by molar-refractivity contribution is 0.102. The van der Waals surface area contributed by atoms with Crippen molar-refractivity contribution in [2.45, 2.75) is 25.3 Å². The normalized spacial score (nSPS) is 11.3. The molecule has 0 radical (unpaired) electrons. The lowest BCUT2D eigenvalue weighted by atomic mass is 10.2. The minimum Gasteiger partial charge on any atom is -0.312 e. The van der Waals surface area contributed by atoms with E-state index in [-0.39, 0.29) is 11.4 Å². The maximum Gasteiger partial charge on any atom is 0.256 e. The molecule has 0 atom stereocenters. The van der Waals surface area contributed by atoms with Gasteiger partial charge in [-0.05, 0) is 49.2 Å². The van der Waals surface area contributed by atoms with Gasteiger partial charge in [0.05, 0.1) is 10.5 Å². The molecule has 0 aliphatic heterocycles. The van der Waals surface area contributed by atoms with Gasteiger partial charge in [-0.2, -0.15) is 9.57 Å². The molecule has 2 aromatic carbocycles. The van der Waals surface area contributed by atoms with Crippen LogP contribution < -0.4 is 5.32 Å². The van der Waals surface area contributed by atoms with Crippen molar-refractivity contribution in [1.29, 1.82) is 5.26 Å². The number of benzene rings is 2. The van der Waals surface area contributed by atoms with E-state index in [4.69, 9.17) is 0 Å². The Bertz CT molecular complexity index is 1210. The molecule has 154 valence electrons. The van der Waals surface area contributed by atoms with Crippen LogP contribution in [0.5, 0.6) is 0 Å². The first kappa shape index (κ1) is 21.7. The highest BCUT2D eigenvalue weighted by atomic mass is 32.2. The Kier molecular flexibility index (Phi) is 6.37. The van der Waals surface area contributed by atoms with Crippen LogP contribution in [0.3, 0.4) is 0 Å². The summed E-state index contributed by atoms with van der Waals surface area (Å²) < 4.78 is 26.9. The molecule has 0 aliphatic rings. The van der Waals surface area contributed by atoms with Crippen LogP contribution in [0, 0.1) is 25.2 Å². The summed E-state index contributed by atoms with van der Waals surface area (Å²) in [5.41, 5.74) is 2.50. The molecular formula is C22H21N3O3S2. The van der Waals surface area contributed by atoms with Crippen molar-refractivity contribution in [3.8, 4) is 6.07 Å². The molecule has 6 nitrogen and oxygen atoms in total. The predicted octanol–water partition coefficient (Wildman–Crippen LogP) is 4.31. The van der Waals surface area contributed by atoms with E-state index in [0.29, 0.717) is 16.1 Å². The molecule has 0 bridgehead atoms. The summed E-state index contributed by atoms with van der Waals surface area (Å²) in [6.45, 7) is 3.98. The summed E-state index contributed by atoms with van der Waals surface area (Å²) in [5, 5.41) is 12.6. The molecule has 0 spiro atoms. The zero-order chi connectivity index (χ0) is 21.9. The molecule has 1 aromatic heterocycles. The Morgan fingerprint density at radius 2 is 1.73 bits per heavy atom. The monoisotopic (exact) mass is 439 g/mol. The van der Waals surface area contributed by atoms with Crippen LogP contribution in [0.25, 0.3) is 0 Å². The average Bonchev–Trinajstić information content (AvgIpc) is 3.01. The third-order valence-electron chi connectivity index (χ3n) is 4.80. The maximum absolute atomic E-state index is 12.8. The standard InChI is InChI=1S/C22H21N3O3S2/c1-15-16(2)29-22(20(15)13-23)24-21(26)18-9-11-19(12-10-18)30(27,28)25(3)14-17-7-5-4-6-8-17/h4-12H,14H2,1-3H3,(H,24,26). The van der Waals surface area contributed by atoms with Gasteiger partial charge >= 0.3 is 0 Å². The SMILES string of the molecule is Cc1sc(NC(=O)c2ccc(S(=O)(=O)N(C)Cc3ccccc3)cc2)c(C#N)c1C. The van der Waals surface area contributed by atoms with E-state index >= 15 is 0 Å². The van der Waals surface area contributed by atoms with Gasteiger partial charge in [0.15, 0.2) is 0 Å². The third-order valence-corrected chi connectivity index (χ3v) is 7.74. The summed E-state index contributed by atoms with van der Waals surface area (Å²) in [6.07, 6.45) is 0. The topological polar surface area (TPSA) is 90.3 Å². The number of sulfonamides is 1. The van der Waals surface area contributed by atoms with Crippen LogP contribution >= 0.6 is 11.3 Å². The molecule has 3 rings (SSSR count). The fourth-order valence-corrected chi connectivity index (χ4v) is 5.07. The van der Waals surface area contributed by atoms with Crippen LogP contribution in [0.2, 0.25) is 0 Å². The lowest BCUT2D eigenvalue weighted by Gasteiger charge is -2.17. The van der Waals surface area contributed by atoms with E-state index in [1.54, 1.807) is 0 Å². The Labute approximate surface area is 180 Å². The number of hydrogen-bond acceptors (Lipinski definition) is 5. The van der Waals surface area contributed by atoms with Crippen molar-refractivity contribution in [2.24, 2.45) is 0 Å². The fraction of sp³-hybridized carbons (Fsp3) is 0.182. The van der Waals surface area contributed by atoms with Crippen molar-refractivity contribution in [1.82, 2.24) is 4.31 Å². The van der Waals surface area contributed by atoms with E-state index in [1.165, 1.54) is 47.0 Å². The van der Waals surface area contributed by atoms with Gasteiger partial charge in [0, 0.05) is 24.0 Å². The maximum atomic E-state index is 12.8. The average molecular weight is 440 g/mol. The zero-order valence-electron chi connectivity index (χ0n) is 16.8. The number of nitrogens with zero attached hydrogens (tertiary/aromatic N) is 2. The van der Waals surface area contributed by atoms with E-state index in [1.807, 2.05) is 44.2 Å². The minimum atomic E-state index is -3.69. The first-order valence-corrected chi connectivity index (χ1v) is 11.4. The molecule has 0 fully saturated rings. The minimum absolute atomic E-state index is 0.109. The number of aryl methyl sites for hydroxylation is 1. The molecule has 8 heteroatoms. The second-order valence-electron chi connectivity index (χ2n) is 6.82. The molecule has 3 aromatic rings. The van der Waals surface area contributed by atoms with Crippen LogP contribution in [-0.4, -0.2) is 25.7 Å². The first-order valence-electron chi connectivity index (χ1n) is 9.16. The van der Waals surface area contributed by atoms with E-state index < -0.39 is 15.9 Å². The number of anilines is 1. The predicted molar refractivity (Wildman–Crippen MR) is 118 cm³/mol. The number of carbonyl (C=O) groups excluding carboxylic acids is 1. The smallest absolute Gasteiger partial charge is 0.256 e. The number of nitrogens with one attached hydrogen (secondary N) is 1. The number of rotatable bonds is 6. The summed E-state index contributed by atoms with van der Waals surface area (Å²) in [5.74, 6) is -0.394. The van der Waals surface area contributed by atoms with Gasteiger partial charge in [-0.15, -0.1) is 11.3 Å². The van der Waals surface area contributed by atoms with Crippen molar-refractivity contribution < 1.29 is 13.2 Å². The van der Waals surface area contributed by atoms with E-state index in [0.717, 1.165) is 16.0 Å². The number of hydrogen-bond donors (Lipinski definition) is 1. The van der Waals surface area contributed by atoms with Gasteiger partial charge in [0.1, 0.15) is 11.1 Å². The van der Waals surface area contributed by atoms with Gasteiger partial charge < -0.3 is 5.32 Å². The van der Waals surface area contributed by atoms with Crippen molar-refractivity contribution in [2.75, 3.05) is 12.4 Å². The first-order chi connectivity index (χ1) is 14.2. The van der Waals surface area contributed by atoms with Crippen molar-refractivity contribution in [3.63, 3.8) is 0 Å². The lowest BCUT2D eigenvalue weighted by Crippen LogP contribution is -2.26. The van der Waals surface area contributed by atoms with E-state index in [9.17, 15) is 18.5 Å². The Morgan fingerprint density at radius 1 is 1.10 bits per heavy atom. The highest BCUT2D eigenvalue weighted by Crippen LogP contribution is 2.32. The molecule has 0 saturated heterocycles. The van der Waals surface area contributed by atoms with Gasteiger partial charge in [-0.1, -0.05) is 30.3 Å². The highest BCUT2D eigenvalue weighted by Gasteiger charge is 2.22. The van der Waals surface area contributed by atoms with Gasteiger partial charge in [-0.3, -0.25) is 4.79 Å². The molecule has 0 unspecified atom stereocenters. The highest BCUT2D eigenvalue weighted by molar-refractivity contribution is 7.89. The zero-order valence-corrected chi connectivity index (χ0v) is 18.5. The number of nitriles is 1. The van der Waals surface area contributed by atoms with Crippen molar-refractivity contribution >= 4 is 32.3 Å². The molecule has 0 saturated carbocycles. The number of thiophene rings is 1. The molecule has 1 heterocycles. The molecular weight excluding hydrogens is 418 g/mol. The molecule has 1 amide bonds. The Morgan fingerprint density at radius 3 is 2.33 bits per heavy atom. The second-order valence-corrected chi connectivity index (χ2v) is 10.1. The van der Waals surface area contributed by atoms with Crippen LogP contribution in [0.1, 0.15) is 31.9 Å². The van der Waals surface area contributed by atoms with Crippen LogP contribution in [0.15, 0.2) is 59.5 Å². The Hall–Kier alpha value is -2.99. The van der Waals surface area contributed by atoms with Gasteiger partial charge in [0.2, 0.25) is 10.0 Å². The summed E-state index contributed by atoms with van der Waals surface area (Å²) in [4.78, 5) is 13.6. The fourth-order valence-electron chi connectivity index (χ4n) is 2.91. The summed E-state index contributed by atoms with van der Waals surface area (Å²) >= 11 is 1.34. The van der Waals surface area contributed by atoms with Gasteiger partial charge in [-0.25, -0.2) is 8.42 Å². The molecule has 1 N–H and O–H groups in total. The number of amides is 1. The van der Waals surface area contributed by atoms with Crippen molar-refractivity contribution in [3.05, 3.63) is 81.7 Å². The molecule has 30 heavy (non-hydrogen) atoms. The largest absolute Gasteiger partial charge is 0.312 e. The van der Waals surface area contributed by atoms with Gasteiger partial charge in [0.25, 0.3) is 5.91 Å². The molecule has 0 aliphatic carbocycles. The van der Waals surface area contributed by atoms with E-state index in [2.05, 4.69) is 11.4 Å². The Balaban J connectivity index is 1.76. The quantitative estimate of drug-likeness (QED) is 0.620. The summed E-state index contributed by atoms with van der Waals surface area (Å²) in [7, 11) is -2.17.